The predicted molar refractivity (Wildman–Crippen MR) is 129 cm³/mol. The van der Waals surface area contributed by atoms with Crippen LogP contribution >= 0.6 is 0 Å². The minimum atomic E-state index is -0.780. The molecule has 0 aliphatic carbocycles. The topological polar surface area (TPSA) is 85.5 Å². The van der Waals surface area contributed by atoms with E-state index in [0.717, 1.165) is 35.7 Å². The molecule has 1 N–H and O–H groups in total. The van der Waals surface area contributed by atoms with Gasteiger partial charge in [0.05, 0.1) is 18.9 Å². The first-order valence-corrected chi connectivity index (χ1v) is 11.4. The Kier molecular flexibility index (Phi) is 6.51. The van der Waals surface area contributed by atoms with Gasteiger partial charge in [0.2, 0.25) is 0 Å². The fourth-order valence-electron chi connectivity index (χ4n) is 3.87. The molecule has 0 radical (unpaired) electrons. The highest BCUT2D eigenvalue weighted by atomic mass is 16.5. The maximum absolute atomic E-state index is 10.5. The van der Waals surface area contributed by atoms with Gasteiger partial charge in [0.1, 0.15) is 18.5 Å². The van der Waals surface area contributed by atoms with Gasteiger partial charge in [0.15, 0.2) is 5.82 Å². The molecule has 174 valence electrons. The molecule has 2 aromatic carbocycles. The van der Waals surface area contributed by atoms with E-state index in [1.165, 1.54) is 5.56 Å². The van der Waals surface area contributed by atoms with E-state index in [1.54, 1.807) is 4.68 Å². The van der Waals surface area contributed by atoms with Crippen molar-refractivity contribution < 1.29 is 14.6 Å². The van der Waals surface area contributed by atoms with Crippen LogP contribution in [0.2, 0.25) is 0 Å². The van der Waals surface area contributed by atoms with Gasteiger partial charge < -0.3 is 19.5 Å². The Morgan fingerprint density at radius 3 is 2.56 bits per heavy atom. The van der Waals surface area contributed by atoms with Gasteiger partial charge in [-0.05, 0) is 24.6 Å². The van der Waals surface area contributed by atoms with E-state index in [2.05, 4.69) is 33.9 Å². The Morgan fingerprint density at radius 2 is 1.76 bits per heavy atom. The van der Waals surface area contributed by atoms with Crippen molar-refractivity contribution in [2.45, 2.75) is 13.0 Å². The van der Waals surface area contributed by atoms with Gasteiger partial charge in [0.25, 0.3) is 0 Å². The molecule has 1 aliphatic rings. The molecule has 0 amide bonds. The molecule has 0 bridgehead atoms. The van der Waals surface area contributed by atoms with Crippen molar-refractivity contribution in [3.8, 4) is 23.1 Å². The van der Waals surface area contributed by atoms with Crippen molar-refractivity contribution in [2.24, 2.45) is 0 Å². The second kappa shape index (κ2) is 10.0. The summed E-state index contributed by atoms with van der Waals surface area (Å²) in [6, 6.07) is 21.7. The molecule has 8 nitrogen and oxygen atoms in total. The first-order valence-electron chi connectivity index (χ1n) is 11.4. The standard InChI is InChI=1S/C26H27N5O3/c1-19-6-5-9-21(16-19)22-10-11-31(29-22)25-17-24(30-12-14-33-15-13-30)27-26(28-25)34-18-23(32)20-7-3-2-4-8-20/h2-11,16-17,23,32H,12-15,18H2,1H3/t23-/m0/s1. The largest absolute Gasteiger partial charge is 0.460 e. The number of ether oxygens (including phenoxy) is 2. The average molecular weight is 458 g/mol. The molecule has 1 aliphatic heterocycles. The van der Waals surface area contributed by atoms with Crippen LogP contribution in [0, 0.1) is 6.92 Å². The smallest absolute Gasteiger partial charge is 0.320 e. The lowest BCUT2D eigenvalue weighted by molar-refractivity contribution is 0.102. The number of aliphatic hydroxyl groups is 1. The van der Waals surface area contributed by atoms with Crippen molar-refractivity contribution in [2.75, 3.05) is 37.8 Å². The summed E-state index contributed by atoms with van der Waals surface area (Å²) in [5.74, 6) is 1.34. The third kappa shape index (κ3) is 5.08. The molecule has 8 heteroatoms. The zero-order valence-electron chi connectivity index (χ0n) is 19.0. The SMILES string of the molecule is Cc1cccc(-c2ccn(-c3cc(N4CCOCC4)nc(OC[C@H](O)c4ccccc4)n3)n2)c1. The summed E-state index contributed by atoms with van der Waals surface area (Å²) < 4.78 is 13.1. The van der Waals surface area contributed by atoms with Crippen LogP contribution < -0.4 is 9.64 Å². The van der Waals surface area contributed by atoms with Crippen LogP contribution in [0.1, 0.15) is 17.2 Å². The van der Waals surface area contributed by atoms with Gasteiger partial charge in [-0.2, -0.15) is 15.1 Å². The third-order valence-electron chi connectivity index (χ3n) is 5.71. The third-order valence-corrected chi connectivity index (χ3v) is 5.71. The van der Waals surface area contributed by atoms with Crippen molar-refractivity contribution in [1.29, 1.82) is 0 Å². The van der Waals surface area contributed by atoms with Crippen LogP contribution in [0.15, 0.2) is 72.9 Å². The molecule has 1 fully saturated rings. The molecule has 0 spiro atoms. The summed E-state index contributed by atoms with van der Waals surface area (Å²) in [6.45, 7) is 4.85. The normalized spacial score (nSPS) is 14.7. The number of aryl methyl sites for hydroxylation is 1. The number of rotatable bonds is 7. The zero-order valence-corrected chi connectivity index (χ0v) is 19.0. The summed E-state index contributed by atoms with van der Waals surface area (Å²) in [4.78, 5) is 11.3. The number of benzene rings is 2. The van der Waals surface area contributed by atoms with Crippen LogP contribution in [0.5, 0.6) is 6.01 Å². The van der Waals surface area contributed by atoms with E-state index >= 15 is 0 Å². The lowest BCUT2D eigenvalue weighted by Crippen LogP contribution is -2.37. The molecular weight excluding hydrogens is 430 g/mol. The van der Waals surface area contributed by atoms with E-state index in [-0.39, 0.29) is 12.6 Å². The van der Waals surface area contributed by atoms with Gasteiger partial charge in [-0.25, -0.2) is 4.68 Å². The lowest BCUT2D eigenvalue weighted by Gasteiger charge is -2.28. The highest BCUT2D eigenvalue weighted by molar-refractivity contribution is 5.60. The van der Waals surface area contributed by atoms with Crippen molar-refractivity contribution in [1.82, 2.24) is 19.7 Å². The molecule has 5 rings (SSSR count). The van der Waals surface area contributed by atoms with E-state index in [1.807, 2.05) is 60.8 Å². The van der Waals surface area contributed by atoms with Crippen LogP contribution in [0.3, 0.4) is 0 Å². The molecular formula is C26H27N5O3. The highest BCUT2D eigenvalue weighted by Gasteiger charge is 2.18. The summed E-state index contributed by atoms with van der Waals surface area (Å²) in [5, 5.41) is 15.3. The Bertz CT molecular complexity index is 1240. The van der Waals surface area contributed by atoms with Gasteiger partial charge in [-0.15, -0.1) is 0 Å². The number of hydrogen-bond donors (Lipinski definition) is 1. The minimum absolute atomic E-state index is 0.0453. The predicted octanol–water partition coefficient (Wildman–Crippen LogP) is 3.59. The Balaban J connectivity index is 1.43. The number of hydrogen-bond acceptors (Lipinski definition) is 7. The fourth-order valence-corrected chi connectivity index (χ4v) is 3.87. The molecule has 1 saturated heterocycles. The number of aliphatic hydroxyl groups excluding tert-OH is 1. The molecule has 34 heavy (non-hydrogen) atoms. The minimum Gasteiger partial charge on any atom is -0.460 e. The highest BCUT2D eigenvalue weighted by Crippen LogP contribution is 2.23. The molecule has 2 aromatic heterocycles. The van der Waals surface area contributed by atoms with E-state index < -0.39 is 6.10 Å². The summed E-state index contributed by atoms with van der Waals surface area (Å²) >= 11 is 0. The van der Waals surface area contributed by atoms with Crippen LogP contribution in [-0.2, 0) is 4.74 Å². The lowest BCUT2D eigenvalue weighted by atomic mass is 10.1. The molecule has 0 saturated carbocycles. The number of aromatic nitrogens is 4. The van der Waals surface area contributed by atoms with Gasteiger partial charge in [-0.3, -0.25) is 0 Å². The van der Waals surface area contributed by atoms with Crippen molar-refractivity contribution in [3.05, 3.63) is 84.1 Å². The van der Waals surface area contributed by atoms with Crippen molar-refractivity contribution in [3.63, 3.8) is 0 Å². The maximum Gasteiger partial charge on any atom is 0.320 e. The van der Waals surface area contributed by atoms with E-state index in [0.29, 0.717) is 19.0 Å². The second-order valence-corrected chi connectivity index (χ2v) is 8.22. The monoisotopic (exact) mass is 457 g/mol. The number of morpholine rings is 1. The maximum atomic E-state index is 10.5. The molecule has 4 aromatic rings. The summed E-state index contributed by atoms with van der Waals surface area (Å²) in [6.07, 6.45) is 1.10. The number of anilines is 1. The van der Waals surface area contributed by atoms with Crippen molar-refractivity contribution >= 4 is 5.82 Å². The quantitative estimate of drug-likeness (QED) is 0.454. The van der Waals surface area contributed by atoms with E-state index in [4.69, 9.17) is 14.6 Å². The fraction of sp³-hybridized carbons (Fsp3) is 0.269. The van der Waals surface area contributed by atoms with Gasteiger partial charge in [-0.1, -0.05) is 54.1 Å². The molecule has 0 unspecified atom stereocenters. The van der Waals surface area contributed by atoms with Crippen LogP contribution in [-0.4, -0.2) is 57.8 Å². The van der Waals surface area contributed by atoms with E-state index in [9.17, 15) is 5.11 Å². The average Bonchev–Trinajstić information content (AvgIpc) is 3.39. The van der Waals surface area contributed by atoms with Crippen LogP contribution in [0.4, 0.5) is 5.82 Å². The zero-order chi connectivity index (χ0) is 23.3. The molecule has 3 heterocycles. The number of nitrogens with zero attached hydrogens (tertiary/aromatic N) is 5. The Morgan fingerprint density at radius 1 is 0.971 bits per heavy atom. The first kappa shape index (κ1) is 22.1. The summed E-state index contributed by atoms with van der Waals surface area (Å²) in [7, 11) is 0. The van der Waals surface area contributed by atoms with Gasteiger partial charge >= 0.3 is 6.01 Å². The summed E-state index contributed by atoms with van der Waals surface area (Å²) in [5.41, 5.74) is 3.86. The Hall–Kier alpha value is -3.75. The second-order valence-electron chi connectivity index (χ2n) is 8.22. The first-order chi connectivity index (χ1) is 16.7. The van der Waals surface area contributed by atoms with Crippen LogP contribution in [0.25, 0.3) is 17.1 Å². The Labute approximate surface area is 198 Å². The molecule has 1 atom stereocenters. The van der Waals surface area contributed by atoms with Gasteiger partial charge in [0, 0.05) is 30.9 Å².